The van der Waals surface area contributed by atoms with E-state index in [4.69, 9.17) is 9.72 Å². The van der Waals surface area contributed by atoms with E-state index in [1.807, 2.05) is 48.9 Å². The Morgan fingerprint density at radius 1 is 1.23 bits per heavy atom. The second-order valence-electron chi connectivity index (χ2n) is 10.1. The molecule has 2 aromatic heterocycles. The second-order valence-corrected chi connectivity index (χ2v) is 10.1. The van der Waals surface area contributed by atoms with Gasteiger partial charge in [0.2, 0.25) is 18.2 Å². The lowest BCUT2D eigenvalue weighted by Crippen LogP contribution is -2.54. The van der Waals surface area contributed by atoms with Crippen molar-refractivity contribution in [3.8, 4) is 16.9 Å². The smallest absolute Gasteiger partial charge is 0.274 e. The van der Waals surface area contributed by atoms with E-state index >= 15 is 0 Å². The van der Waals surface area contributed by atoms with Gasteiger partial charge in [-0.3, -0.25) is 19.0 Å². The molecule has 5 rings (SSSR count). The number of aromatic nitrogens is 4. The molecule has 1 fully saturated rings. The van der Waals surface area contributed by atoms with Gasteiger partial charge >= 0.3 is 0 Å². The van der Waals surface area contributed by atoms with Crippen LogP contribution in [0.5, 0.6) is 5.75 Å². The van der Waals surface area contributed by atoms with Gasteiger partial charge in [0.15, 0.2) is 0 Å². The average Bonchev–Trinajstić information content (AvgIpc) is 3.17. The number of aliphatic hydroxyl groups excluding tert-OH is 1. The van der Waals surface area contributed by atoms with Crippen LogP contribution in [0.25, 0.3) is 22.0 Å². The number of hydrogen-bond donors (Lipinski definition) is 1. The normalized spacial score (nSPS) is 16.4. The number of alkyl halides is 1. The fraction of sp³-hybridized carbons (Fsp3) is 0.379. The number of piperazine rings is 1. The zero-order chi connectivity index (χ0) is 28.6. The number of rotatable bonds is 7. The van der Waals surface area contributed by atoms with Gasteiger partial charge in [0, 0.05) is 57.0 Å². The summed E-state index contributed by atoms with van der Waals surface area (Å²) in [7, 11) is 1.71. The Labute approximate surface area is 231 Å². The van der Waals surface area contributed by atoms with Crippen molar-refractivity contribution in [2.24, 2.45) is 7.05 Å². The van der Waals surface area contributed by atoms with Crippen LogP contribution in [0, 0.1) is 6.92 Å². The maximum Gasteiger partial charge on any atom is 0.274 e. The van der Waals surface area contributed by atoms with Gasteiger partial charge in [0.05, 0.1) is 23.1 Å². The number of halogens is 1. The van der Waals surface area contributed by atoms with Crippen molar-refractivity contribution in [2.75, 3.05) is 31.1 Å². The van der Waals surface area contributed by atoms with Crippen LogP contribution in [0.1, 0.15) is 25.1 Å². The number of aryl methyl sites for hydroxylation is 1. The molecule has 0 spiro atoms. The molecule has 1 aliphatic heterocycles. The van der Waals surface area contributed by atoms with E-state index in [2.05, 4.69) is 9.88 Å². The third kappa shape index (κ3) is 5.16. The van der Waals surface area contributed by atoms with E-state index < -0.39 is 13.0 Å². The molecular formula is C29H33FN6O4. The predicted molar refractivity (Wildman–Crippen MR) is 150 cm³/mol. The number of ether oxygens (including phenoxy) is 1. The first-order chi connectivity index (χ1) is 19.2. The molecule has 3 heterocycles. The maximum absolute atomic E-state index is 13.6. The highest BCUT2D eigenvalue weighted by molar-refractivity contribution is 5.85. The summed E-state index contributed by atoms with van der Waals surface area (Å²) in [4.78, 5) is 38.1. The molecular weight excluding hydrogens is 515 g/mol. The Bertz CT molecular complexity index is 1610. The molecule has 40 heavy (non-hydrogen) atoms. The molecule has 11 heteroatoms. The summed E-state index contributed by atoms with van der Waals surface area (Å²) in [6.45, 7) is 6.64. The molecule has 1 unspecified atom stereocenters. The average molecular weight is 549 g/mol. The van der Waals surface area contributed by atoms with Crippen LogP contribution in [-0.4, -0.2) is 73.9 Å². The number of amides is 1. The summed E-state index contributed by atoms with van der Waals surface area (Å²) in [5.41, 5.74) is 3.84. The van der Waals surface area contributed by atoms with Crippen LogP contribution in [0.3, 0.4) is 0 Å². The Morgan fingerprint density at radius 2 is 2.00 bits per heavy atom. The quantitative estimate of drug-likeness (QED) is 0.379. The van der Waals surface area contributed by atoms with E-state index in [9.17, 15) is 19.1 Å². The molecule has 1 aliphatic rings. The van der Waals surface area contributed by atoms with Crippen molar-refractivity contribution in [1.82, 2.24) is 24.2 Å². The predicted octanol–water partition coefficient (Wildman–Crippen LogP) is 2.88. The number of anilines is 1. The lowest BCUT2D eigenvalue weighted by atomic mass is 10.0. The Balaban J connectivity index is 1.46. The summed E-state index contributed by atoms with van der Waals surface area (Å²) in [6.07, 6.45) is 0.326. The third-order valence-corrected chi connectivity index (χ3v) is 7.39. The van der Waals surface area contributed by atoms with E-state index in [0.717, 1.165) is 27.9 Å². The monoisotopic (exact) mass is 548 g/mol. The van der Waals surface area contributed by atoms with Crippen molar-refractivity contribution < 1.29 is 19.0 Å². The standard InChI is InChI=1S/C29H33FN6O4/c1-18-15-34(27(38)17-37)11-12-35(18)29-31-14-24(19(2)32-29)21-9-10-23-25(13-21)36(33(4)28(23)39)16-22-7-5-6-8-26(22)40-20(3)30/h5-10,13-14,18,20,37H,11-12,15-17H2,1-4H3/t18-,20?/m0/s1. The second kappa shape index (κ2) is 11.1. The SMILES string of the molecule is Cc1nc(N2CCN(C(=O)CO)C[C@@H]2C)ncc1-c1ccc2c(=O)n(C)n(Cc3ccccc3OC(C)F)c2c1. The van der Waals surface area contributed by atoms with Crippen LogP contribution < -0.4 is 15.2 Å². The number of fused-ring (bicyclic) bond motifs is 1. The van der Waals surface area contributed by atoms with Gasteiger partial charge in [-0.25, -0.2) is 14.4 Å². The molecule has 0 bridgehead atoms. The number of nitrogens with zero attached hydrogens (tertiary/aromatic N) is 6. The van der Waals surface area contributed by atoms with Crippen LogP contribution in [0.2, 0.25) is 0 Å². The molecule has 0 aliphatic carbocycles. The number of hydrogen-bond acceptors (Lipinski definition) is 7. The molecule has 210 valence electrons. The van der Waals surface area contributed by atoms with E-state index in [1.54, 1.807) is 35.0 Å². The first kappa shape index (κ1) is 27.3. The van der Waals surface area contributed by atoms with Gasteiger partial charge in [-0.1, -0.05) is 24.3 Å². The summed E-state index contributed by atoms with van der Waals surface area (Å²) in [6, 6.07) is 12.9. The zero-order valence-electron chi connectivity index (χ0n) is 23.0. The lowest BCUT2D eigenvalue weighted by Gasteiger charge is -2.39. The van der Waals surface area contributed by atoms with Gasteiger partial charge < -0.3 is 19.6 Å². The number of carbonyl (C=O) groups is 1. The summed E-state index contributed by atoms with van der Waals surface area (Å²) in [5, 5.41) is 9.75. The largest absolute Gasteiger partial charge is 0.460 e. The fourth-order valence-corrected chi connectivity index (χ4v) is 5.27. The van der Waals surface area contributed by atoms with Gasteiger partial charge in [-0.05, 0) is 37.6 Å². The Kier molecular flexibility index (Phi) is 7.57. The van der Waals surface area contributed by atoms with Crippen LogP contribution >= 0.6 is 0 Å². The summed E-state index contributed by atoms with van der Waals surface area (Å²) in [5.74, 6) is 0.738. The van der Waals surface area contributed by atoms with Crippen molar-refractivity contribution in [2.45, 2.75) is 39.7 Å². The van der Waals surface area contributed by atoms with Crippen molar-refractivity contribution in [1.29, 1.82) is 0 Å². The maximum atomic E-state index is 13.6. The van der Waals surface area contributed by atoms with Gasteiger partial charge in [0.25, 0.3) is 5.56 Å². The third-order valence-electron chi connectivity index (χ3n) is 7.39. The summed E-state index contributed by atoms with van der Waals surface area (Å²) < 4.78 is 22.4. The molecule has 0 radical (unpaired) electrons. The highest BCUT2D eigenvalue weighted by atomic mass is 19.1. The van der Waals surface area contributed by atoms with Gasteiger partial charge in [-0.15, -0.1) is 0 Å². The topological polar surface area (TPSA) is 106 Å². The molecule has 1 saturated heterocycles. The highest BCUT2D eigenvalue weighted by Gasteiger charge is 2.28. The molecule has 1 amide bonds. The fourth-order valence-electron chi connectivity index (χ4n) is 5.27. The minimum Gasteiger partial charge on any atom is -0.460 e. The number of aliphatic hydroxyl groups is 1. The number of para-hydroxylation sites is 1. The van der Waals surface area contributed by atoms with Crippen molar-refractivity contribution in [3.63, 3.8) is 0 Å². The molecule has 1 N–H and O–H groups in total. The minimum absolute atomic E-state index is 0.00292. The highest BCUT2D eigenvalue weighted by Crippen LogP contribution is 2.28. The van der Waals surface area contributed by atoms with E-state index in [0.29, 0.717) is 43.3 Å². The molecule has 2 aromatic carbocycles. The van der Waals surface area contributed by atoms with Crippen molar-refractivity contribution in [3.05, 3.63) is 70.3 Å². The van der Waals surface area contributed by atoms with E-state index in [-0.39, 0.29) is 17.5 Å². The lowest BCUT2D eigenvalue weighted by molar-refractivity contribution is -0.134. The molecule has 4 aromatic rings. The first-order valence-electron chi connectivity index (χ1n) is 13.3. The number of carbonyl (C=O) groups excluding carboxylic acids is 1. The molecule has 0 saturated carbocycles. The first-order valence-corrected chi connectivity index (χ1v) is 13.3. The Morgan fingerprint density at radius 3 is 2.70 bits per heavy atom. The van der Waals surface area contributed by atoms with Gasteiger partial charge in [-0.2, -0.15) is 0 Å². The number of benzene rings is 2. The summed E-state index contributed by atoms with van der Waals surface area (Å²) >= 11 is 0. The molecule has 2 atom stereocenters. The van der Waals surface area contributed by atoms with E-state index in [1.165, 1.54) is 6.92 Å². The molecule has 10 nitrogen and oxygen atoms in total. The van der Waals surface area contributed by atoms with Crippen LogP contribution in [-0.2, 0) is 18.4 Å². The van der Waals surface area contributed by atoms with Crippen LogP contribution in [0.15, 0.2) is 53.5 Å². The Hall–Kier alpha value is -4.25. The zero-order valence-corrected chi connectivity index (χ0v) is 23.0. The minimum atomic E-state index is -1.46. The van der Waals surface area contributed by atoms with Crippen molar-refractivity contribution >= 4 is 22.8 Å². The van der Waals surface area contributed by atoms with Gasteiger partial charge in [0.1, 0.15) is 12.4 Å². The van der Waals surface area contributed by atoms with Crippen LogP contribution in [0.4, 0.5) is 10.3 Å².